The predicted octanol–water partition coefficient (Wildman–Crippen LogP) is 1.72. The molecule has 3 N–H and O–H groups in total. The quantitative estimate of drug-likeness (QED) is 0.774. The van der Waals surface area contributed by atoms with Crippen LogP contribution in [0.5, 0.6) is 11.5 Å². The van der Waals surface area contributed by atoms with E-state index in [1.807, 2.05) is 0 Å². The monoisotopic (exact) mass is 359 g/mol. The van der Waals surface area contributed by atoms with Crippen molar-refractivity contribution < 1.29 is 19.4 Å². The van der Waals surface area contributed by atoms with E-state index in [0.29, 0.717) is 35.9 Å². The third kappa shape index (κ3) is 2.76. The van der Waals surface area contributed by atoms with Gasteiger partial charge in [-0.2, -0.15) is 0 Å². The lowest BCUT2D eigenvalue weighted by Gasteiger charge is -2.28. The fourth-order valence-electron chi connectivity index (χ4n) is 3.81. The zero-order chi connectivity index (χ0) is 18.3. The van der Waals surface area contributed by atoms with Crippen LogP contribution in [0.25, 0.3) is 0 Å². The van der Waals surface area contributed by atoms with Crippen LogP contribution in [-0.4, -0.2) is 41.1 Å². The van der Waals surface area contributed by atoms with Gasteiger partial charge < -0.3 is 19.9 Å². The first-order valence-electron chi connectivity index (χ1n) is 8.67. The molecule has 0 aliphatic carbocycles. The number of ether oxygens (including phenoxy) is 2. The van der Waals surface area contributed by atoms with Crippen LogP contribution >= 0.6 is 0 Å². The molecular formula is C18H21N3O5. The Balaban J connectivity index is 1.78. The number of nitrogens with zero attached hydrogens (tertiary/aromatic N) is 1. The molecule has 1 aromatic carbocycles. The highest BCUT2D eigenvalue weighted by molar-refractivity contribution is 5.94. The number of phenols is 1. The van der Waals surface area contributed by atoms with E-state index in [-0.39, 0.29) is 29.7 Å². The van der Waals surface area contributed by atoms with Gasteiger partial charge in [-0.25, -0.2) is 0 Å². The van der Waals surface area contributed by atoms with Gasteiger partial charge in [-0.15, -0.1) is 0 Å². The van der Waals surface area contributed by atoms with Gasteiger partial charge in [0.1, 0.15) is 5.82 Å². The maximum Gasteiger partial charge on any atom is 0.270 e. The van der Waals surface area contributed by atoms with E-state index >= 15 is 0 Å². The number of aromatic hydroxyl groups is 1. The summed E-state index contributed by atoms with van der Waals surface area (Å²) in [7, 11) is 1.47. The van der Waals surface area contributed by atoms with Crippen molar-refractivity contribution in [3.63, 3.8) is 0 Å². The molecule has 0 radical (unpaired) electrons. The third-order valence-electron chi connectivity index (χ3n) is 5.12. The maximum atomic E-state index is 12.7. The molecule has 2 aliphatic rings. The van der Waals surface area contributed by atoms with Crippen LogP contribution in [0.15, 0.2) is 23.0 Å². The number of anilines is 1. The second-order valence-electron chi connectivity index (χ2n) is 6.65. The smallest absolute Gasteiger partial charge is 0.270 e. The number of amides is 1. The Morgan fingerprint density at radius 3 is 2.73 bits per heavy atom. The molecule has 26 heavy (non-hydrogen) atoms. The normalized spacial score (nSPS) is 20.5. The van der Waals surface area contributed by atoms with E-state index in [1.54, 1.807) is 22.9 Å². The van der Waals surface area contributed by atoms with Crippen molar-refractivity contribution in [3.05, 3.63) is 39.7 Å². The Morgan fingerprint density at radius 2 is 2.04 bits per heavy atom. The molecule has 4 rings (SSSR count). The summed E-state index contributed by atoms with van der Waals surface area (Å²) in [6.07, 6.45) is 1.71. The van der Waals surface area contributed by atoms with Crippen molar-refractivity contribution >= 4 is 11.7 Å². The largest absolute Gasteiger partial charge is 0.504 e. The van der Waals surface area contributed by atoms with E-state index in [9.17, 15) is 14.7 Å². The summed E-state index contributed by atoms with van der Waals surface area (Å²) in [6, 6.07) is 5.05. The Morgan fingerprint density at radius 1 is 1.27 bits per heavy atom. The molecule has 0 spiro atoms. The predicted molar refractivity (Wildman–Crippen MR) is 93.9 cm³/mol. The van der Waals surface area contributed by atoms with Crippen LogP contribution in [0.1, 0.15) is 42.3 Å². The Labute approximate surface area is 149 Å². The summed E-state index contributed by atoms with van der Waals surface area (Å²) in [5, 5.41) is 15.8. The van der Waals surface area contributed by atoms with E-state index in [0.717, 1.165) is 12.8 Å². The molecule has 0 bridgehead atoms. The first-order valence-corrected chi connectivity index (χ1v) is 8.67. The number of benzene rings is 1. The fraction of sp³-hybridized carbons (Fsp3) is 0.444. The van der Waals surface area contributed by atoms with Gasteiger partial charge in [0.2, 0.25) is 5.91 Å². The van der Waals surface area contributed by atoms with E-state index in [2.05, 4.69) is 10.4 Å². The topological polar surface area (TPSA) is 106 Å². The minimum atomic E-state index is -0.416. The highest BCUT2D eigenvalue weighted by Crippen LogP contribution is 2.39. The Bertz CT molecular complexity index is 895. The average Bonchev–Trinajstić information content (AvgIpc) is 2.98. The zero-order valence-electron chi connectivity index (χ0n) is 14.4. The average molecular weight is 359 g/mol. The third-order valence-corrected chi connectivity index (χ3v) is 5.12. The molecule has 1 aromatic heterocycles. The van der Waals surface area contributed by atoms with Gasteiger partial charge in [-0.1, -0.05) is 6.07 Å². The molecule has 0 saturated carbocycles. The van der Waals surface area contributed by atoms with Gasteiger partial charge in [-0.3, -0.25) is 19.4 Å². The zero-order valence-corrected chi connectivity index (χ0v) is 14.4. The van der Waals surface area contributed by atoms with Gasteiger partial charge in [0, 0.05) is 25.6 Å². The van der Waals surface area contributed by atoms with Crippen molar-refractivity contribution in [2.75, 3.05) is 25.6 Å². The van der Waals surface area contributed by atoms with Crippen LogP contribution in [0, 0.1) is 0 Å². The van der Waals surface area contributed by atoms with Crippen LogP contribution in [0.2, 0.25) is 0 Å². The van der Waals surface area contributed by atoms with Gasteiger partial charge in [-0.05, 0) is 30.5 Å². The Hall–Kier alpha value is -2.74. The summed E-state index contributed by atoms with van der Waals surface area (Å²) in [5.74, 6) is 0.289. The van der Waals surface area contributed by atoms with Gasteiger partial charge in [0.25, 0.3) is 5.56 Å². The van der Waals surface area contributed by atoms with Crippen LogP contribution in [-0.2, 0) is 9.53 Å². The number of hydrogen-bond acceptors (Lipinski definition) is 5. The molecule has 1 fully saturated rings. The first kappa shape index (κ1) is 16.7. The lowest BCUT2D eigenvalue weighted by atomic mass is 9.87. The minimum absolute atomic E-state index is 0.0159. The van der Waals surface area contributed by atoms with Gasteiger partial charge >= 0.3 is 0 Å². The number of nitrogens with one attached hydrogen (secondary N) is 2. The number of phenolic OH excluding ortho intramolecular Hbond substituents is 1. The van der Waals surface area contributed by atoms with E-state index < -0.39 is 5.92 Å². The molecule has 138 valence electrons. The Kier molecular flexibility index (Phi) is 4.20. The summed E-state index contributed by atoms with van der Waals surface area (Å²) in [4.78, 5) is 25.0. The number of H-pyrrole nitrogens is 1. The molecule has 8 nitrogen and oxygen atoms in total. The highest BCUT2D eigenvalue weighted by atomic mass is 16.5. The van der Waals surface area contributed by atoms with Crippen LogP contribution < -0.4 is 15.6 Å². The number of carbonyl (C=O) groups is 1. The van der Waals surface area contributed by atoms with Crippen molar-refractivity contribution in [1.82, 2.24) is 9.78 Å². The second kappa shape index (κ2) is 6.53. The van der Waals surface area contributed by atoms with Crippen molar-refractivity contribution in [2.24, 2.45) is 0 Å². The fourth-order valence-corrected chi connectivity index (χ4v) is 3.81. The van der Waals surface area contributed by atoms with E-state index in [1.165, 1.54) is 7.11 Å². The lowest BCUT2D eigenvalue weighted by Crippen LogP contribution is -2.28. The summed E-state index contributed by atoms with van der Waals surface area (Å²) < 4.78 is 12.2. The van der Waals surface area contributed by atoms with Gasteiger partial charge in [0.05, 0.1) is 18.7 Å². The molecule has 2 aliphatic heterocycles. The number of rotatable bonds is 3. The highest BCUT2D eigenvalue weighted by Gasteiger charge is 2.34. The summed E-state index contributed by atoms with van der Waals surface area (Å²) in [5.41, 5.74) is 1.02. The number of aromatic nitrogens is 2. The SMILES string of the molecule is COc1ccc([C@@H]2CC(=O)Nc3c2c(=O)[nH]n3C2CCOCC2)cc1O. The van der Waals surface area contributed by atoms with Gasteiger partial charge in [0.15, 0.2) is 11.5 Å². The minimum Gasteiger partial charge on any atom is -0.504 e. The molecule has 1 saturated heterocycles. The van der Waals surface area contributed by atoms with Crippen molar-refractivity contribution in [3.8, 4) is 11.5 Å². The first-order chi connectivity index (χ1) is 12.6. The van der Waals surface area contributed by atoms with Crippen molar-refractivity contribution in [2.45, 2.75) is 31.2 Å². The number of carbonyl (C=O) groups excluding carboxylic acids is 1. The molecule has 1 amide bonds. The number of fused-ring (bicyclic) bond motifs is 1. The van der Waals surface area contributed by atoms with E-state index in [4.69, 9.17) is 9.47 Å². The maximum absolute atomic E-state index is 12.7. The van der Waals surface area contributed by atoms with Crippen molar-refractivity contribution in [1.29, 1.82) is 0 Å². The van der Waals surface area contributed by atoms with Crippen LogP contribution in [0.4, 0.5) is 5.82 Å². The van der Waals surface area contributed by atoms with Crippen LogP contribution in [0.3, 0.4) is 0 Å². The number of hydrogen-bond donors (Lipinski definition) is 3. The number of aromatic amines is 1. The summed E-state index contributed by atoms with van der Waals surface area (Å²) >= 11 is 0. The standard InChI is InChI=1S/C18H21N3O5/c1-25-14-3-2-10(8-13(14)22)12-9-15(23)19-17-16(12)18(24)20-21(17)11-4-6-26-7-5-11/h2-3,8,11-12,22H,4-7,9H2,1H3,(H,19,23)(H,20,24)/t12-/m0/s1. The molecule has 0 unspecified atom stereocenters. The molecule has 2 aromatic rings. The number of methoxy groups -OCH3 is 1. The lowest BCUT2D eigenvalue weighted by molar-refractivity contribution is -0.116. The summed E-state index contributed by atoms with van der Waals surface area (Å²) in [6.45, 7) is 1.26. The molecular weight excluding hydrogens is 338 g/mol. The molecule has 3 heterocycles. The molecule has 1 atom stereocenters. The molecule has 8 heteroatoms. The second-order valence-corrected chi connectivity index (χ2v) is 6.65.